The van der Waals surface area contributed by atoms with E-state index in [4.69, 9.17) is 10.5 Å². The lowest BCUT2D eigenvalue weighted by atomic mass is 10.0. The molecular weight excluding hydrogens is 190 g/mol. The maximum Gasteiger partial charge on any atom is 0.384 e. The average Bonchev–Trinajstić information content (AvgIpc) is 2.10. The summed E-state index contributed by atoms with van der Waals surface area (Å²) in [5, 5.41) is 0. The number of carbonyl (C=O) groups excluding carboxylic acids is 1. The summed E-state index contributed by atoms with van der Waals surface area (Å²) in [5.41, 5.74) is 5.26. The van der Waals surface area contributed by atoms with Crippen molar-refractivity contribution in [3.63, 3.8) is 0 Å². The third-order valence-corrected chi connectivity index (χ3v) is 2.00. The largest absolute Gasteiger partial charge is 0.450 e. The zero-order chi connectivity index (χ0) is 12.1. The molecule has 0 radical (unpaired) electrons. The summed E-state index contributed by atoms with van der Waals surface area (Å²) in [5.74, 6) is 4.91. The third kappa shape index (κ3) is 6.98. The van der Waals surface area contributed by atoms with Gasteiger partial charge in [0.1, 0.15) is 5.60 Å². The summed E-state index contributed by atoms with van der Waals surface area (Å²) in [7, 11) is 0. The van der Waals surface area contributed by atoms with Crippen molar-refractivity contribution in [2.45, 2.75) is 52.7 Å². The first-order chi connectivity index (χ1) is 6.76. The molecule has 0 aromatic heterocycles. The van der Waals surface area contributed by atoms with Crippen LogP contribution in [0, 0.1) is 17.8 Å². The Balaban J connectivity index is 4.23. The van der Waals surface area contributed by atoms with E-state index >= 15 is 0 Å². The van der Waals surface area contributed by atoms with Crippen LogP contribution in [-0.2, 0) is 9.53 Å². The fourth-order valence-electron chi connectivity index (χ4n) is 0.842. The van der Waals surface area contributed by atoms with Crippen LogP contribution in [0.25, 0.3) is 0 Å². The van der Waals surface area contributed by atoms with Gasteiger partial charge in [-0.1, -0.05) is 26.2 Å². The number of rotatable bonds is 2. The molecule has 86 valence electrons. The molecule has 0 saturated carbocycles. The second-order valence-corrected chi connectivity index (χ2v) is 4.68. The van der Waals surface area contributed by atoms with Gasteiger partial charge in [0.2, 0.25) is 0 Å². The van der Waals surface area contributed by atoms with Gasteiger partial charge in [-0.05, 0) is 26.7 Å². The quantitative estimate of drug-likeness (QED) is 0.430. The zero-order valence-electron chi connectivity index (χ0n) is 10.3. The van der Waals surface area contributed by atoms with Gasteiger partial charge in [0.05, 0.1) is 6.04 Å². The fraction of sp³-hybridized carbons (Fsp3) is 0.750. The molecule has 2 N–H and O–H groups in total. The number of carbonyl (C=O) groups is 1. The van der Waals surface area contributed by atoms with Crippen LogP contribution < -0.4 is 5.73 Å². The molecule has 2 atom stereocenters. The van der Waals surface area contributed by atoms with E-state index in [2.05, 4.69) is 11.8 Å². The van der Waals surface area contributed by atoms with E-state index in [0.29, 0.717) is 5.92 Å². The van der Waals surface area contributed by atoms with Gasteiger partial charge in [0.15, 0.2) is 0 Å². The number of nitrogens with two attached hydrogens (primary N) is 1. The second kappa shape index (κ2) is 5.77. The summed E-state index contributed by atoms with van der Waals surface area (Å²) in [6, 6.07) is -0.262. The Labute approximate surface area is 92.4 Å². The van der Waals surface area contributed by atoms with Crippen LogP contribution in [-0.4, -0.2) is 17.6 Å². The number of hydrogen-bond acceptors (Lipinski definition) is 3. The average molecular weight is 211 g/mol. The Hall–Kier alpha value is -1.01. The molecule has 2 unspecified atom stereocenters. The number of hydrogen-bond donors (Lipinski definition) is 1. The summed E-state index contributed by atoms with van der Waals surface area (Å²) < 4.78 is 5.03. The first kappa shape index (κ1) is 14.0. The lowest BCUT2D eigenvalue weighted by Gasteiger charge is -2.17. The molecule has 0 heterocycles. The lowest BCUT2D eigenvalue weighted by Crippen LogP contribution is -2.27. The van der Waals surface area contributed by atoms with Gasteiger partial charge in [0.25, 0.3) is 0 Å². The SMILES string of the molecule is CCC(C)C(N)C#CC(=O)OC(C)(C)C. The maximum absolute atomic E-state index is 11.2. The van der Waals surface area contributed by atoms with Crippen molar-refractivity contribution in [3.8, 4) is 11.8 Å². The van der Waals surface area contributed by atoms with Gasteiger partial charge in [-0.15, -0.1) is 0 Å². The van der Waals surface area contributed by atoms with E-state index in [9.17, 15) is 4.79 Å². The number of esters is 1. The summed E-state index contributed by atoms with van der Waals surface area (Å²) in [6.07, 6.45) is 0.949. The molecule has 0 aliphatic heterocycles. The highest BCUT2D eigenvalue weighted by molar-refractivity contribution is 5.88. The Kier molecular flexibility index (Phi) is 5.38. The van der Waals surface area contributed by atoms with E-state index in [0.717, 1.165) is 6.42 Å². The van der Waals surface area contributed by atoms with Crippen molar-refractivity contribution in [3.05, 3.63) is 0 Å². The van der Waals surface area contributed by atoms with Gasteiger partial charge in [-0.3, -0.25) is 0 Å². The third-order valence-electron chi connectivity index (χ3n) is 2.00. The molecule has 3 heteroatoms. The predicted octanol–water partition coefficient (Wildman–Crippen LogP) is 1.70. The predicted molar refractivity (Wildman–Crippen MR) is 61.1 cm³/mol. The van der Waals surface area contributed by atoms with Crippen LogP contribution in [0.5, 0.6) is 0 Å². The smallest absolute Gasteiger partial charge is 0.384 e. The molecule has 0 amide bonds. The van der Waals surface area contributed by atoms with Gasteiger partial charge in [-0.25, -0.2) is 4.79 Å². The monoisotopic (exact) mass is 211 g/mol. The van der Waals surface area contributed by atoms with Gasteiger partial charge < -0.3 is 10.5 Å². The minimum absolute atomic E-state index is 0.262. The maximum atomic E-state index is 11.2. The highest BCUT2D eigenvalue weighted by Crippen LogP contribution is 2.07. The molecular formula is C12H21NO2. The highest BCUT2D eigenvalue weighted by Gasteiger charge is 2.14. The van der Waals surface area contributed by atoms with E-state index in [1.54, 1.807) is 20.8 Å². The Morgan fingerprint density at radius 2 is 2.00 bits per heavy atom. The van der Waals surface area contributed by atoms with Gasteiger partial charge in [-0.2, -0.15) is 0 Å². The molecule has 15 heavy (non-hydrogen) atoms. The van der Waals surface area contributed by atoms with E-state index in [1.807, 2.05) is 13.8 Å². The molecule has 0 aromatic rings. The van der Waals surface area contributed by atoms with Crippen molar-refractivity contribution in [1.82, 2.24) is 0 Å². The Morgan fingerprint density at radius 1 is 1.47 bits per heavy atom. The van der Waals surface area contributed by atoms with Crippen LogP contribution >= 0.6 is 0 Å². The molecule has 0 fully saturated rings. The molecule has 0 bridgehead atoms. The highest BCUT2D eigenvalue weighted by atomic mass is 16.6. The molecule has 0 spiro atoms. The summed E-state index contributed by atoms with van der Waals surface area (Å²) in [6.45, 7) is 9.47. The van der Waals surface area contributed by atoms with E-state index < -0.39 is 11.6 Å². The minimum Gasteiger partial charge on any atom is -0.450 e. The van der Waals surface area contributed by atoms with E-state index in [1.165, 1.54) is 0 Å². The van der Waals surface area contributed by atoms with Crippen LogP contribution in [0.2, 0.25) is 0 Å². The molecule has 0 rings (SSSR count). The molecule has 0 saturated heterocycles. The van der Waals surface area contributed by atoms with Crippen LogP contribution in [0.4, 0.5) is 0 Å². The first-order valence-corrected chi connectivity index (χ1v) is 5.26. The van der Waals surface area contributed by atoms with Gasteiger partial charge >= 0.3 is 5.97 Å². The van der Waals surface area contributed by atoms with Crippen molar-refractivity contribution < 1.29 is 9.53 Å². The molecule has 0 aliphatic carbocycles. The minimum atomic E-state index is -0.513. The standard InChI is InChI=1S/C12H21NO2/c1-6-9(2)10(13)7-8-11(14)15-12(3,4)5/h9-10H,6,13H2,1-5H3. The molecule has 0 aromatic carbocycles. The molecule has 0 aliphatic rings. The number of ether oxygens (including phenoxy) is 1. The lowest BCUT2D eigenvalue weighted by molar-refractivity contribution is -0.147. The summed E-state index contributed by atoms with van der Waals surface area (Å²) >= 11 is 0. The molecule has 3 nitrogen and oxygen atoms in total. The Morgan fingerprint density at radius 3 is 2.40 bits per heavy atom. The second-order valence-electron chi connectivity index (χ2n) is 4.68. The van der Waals surface area contributed by atoms with Crippen LogP contribution in [0.15, 0.2) is 0 Å². The first-order valence-electron chi connectivity index (χ1n) is 5.26. The van der Waals surface area contributed by atoms with Crippen LogP contribution in [0.3, 0.4) is 0 Å². The van der Waals surface area contributed by atoms with Crippen LogP contribution in [0.1, 0.15) is 41.0 Å². The van der Waals surface area contributed by atoms with Crippen molar-refractivity contribution in [1.29, 1.82) is 0 Å². The van der Waals surface area contributed by atoms with E-state index in [-0.39, 0.29) is 6.04 Å². The van der Waals surface area contributed by atoms with Crippen molar-refractivity contribution in [2.75, 3.05) is 0 Å². The normalized spacial score (nSPS) is 14.8. The fourth-order valence-corrected chi connectivity index (χ4v) is 0.842. The topological polar surface area (TPSA) is 52.3 Å². The van der Waals surface area contributed by atoms with Crippen molar-refractivity contribution >= 4 is 5.97 Å². The van der Waals surface area contributed by atoms with Gasteiger partial charge in [0, 0.05) is 5.92 Å². The Bertz CT molecular complexity index is 268. The zero-order valence-corrected chi connectivity index (χ0v) is 10.3. The summed E-state index contributed by atoms with van der Waals surface area (Å²) in [4.78, 5) is 11.2. The van der Waals surface area contributed by atoms with Crippen molar-refractivity contribution in [2.24, 2.45) is 11.7 Å².